The predicted molar refractivity (Wildman–Crippen MR) is 103 cm³/mol. The molecule has 0 atom stereocenters. The Morgan fingerprint density at radius 3 is 2.11 bits per heavy atom. The number of nitriles is 1. The summed E-state index contributed by atoms with van der Waals surface area (Å²) in [5, 5.41) is 13.3. The molecule has 3 aromatic rings. The molecule has 3 nitrogen and oxygen atoms in total. The highest BCUT2D eigenvalue weighted by molar-refractivity contribution is 6.02. The van der Waals surface area contributed by atoms with Gasteiger partial charge in [-0.1, -0.05) is 42.5 Å². The molecule has 0 aliphatic heterocycles. The molecule has 6 heteroatoms. The van der Waals surface area contributed by atoms with Crippen molar-refractivity contribution in [2.24, 2.45) is 5.10 Å². The number of nitrogens with one attached hydrogen (secondary N) is 1. The van der Waals surface area contributed by atoms with E-state index in [9.17, 15) is 13.2 Å². The summed E-state index contributed by atoms with van der Waals surface area (Å²) in [5.41, 5.74) is 5.75. The van der Waals surface area contributed by atoms with Gasteiger partial charge in [-0.25, -0.2) is 0 Å². The van der Waals surface area contributed by atoms with Gasteiger partial charge in [-0.2, -0.15) is 23.5 Å². The molecule has 3 rings (SSSR count). The molecular formula is C22H16F3N3. The first-order valence-electron chi connectivity index (χ1n) is 8.50. The van der Waals surface area contributed by atoms with E-state index in [-0.39, 0.29) is 0 Å². The Labute approximate surface area is 160 Å². The predicted octanol–water partition coefficient (Wildman–Crippen LogP) is 5.64. The fourth-order valence-corrected chi connectivity index (χ4v) is 2.59. The van der Waals surface area contributed by atoms with E-state index in [2.05, 4.69) is 16.6 Å². The van der Waals surface area contributed by atoms with Crippen LogP contribution in [0.4, 0.5) is 18.9 Å². The Bertz CT molecular complexity index is 984. The standard InChI is InChI=1S/C22H16F3N3/c23-22(24,25)19-10-12-20(13-11-19)27-28-21(18-4-2-1-3-5-18)14-16-6-8-17(15-26)9-7-16/h1-13,27H,14H2. The number of rotatable bonds is 5. The van der Waals surface area contributed by atoms with Crippen LogP contribution in [0.1, 0.15) is 22.3 Å². The molecule has 3 aromatic carbocycles. The number of hydrogen-bond donors (Lipinski definition) is 1. The van der Waals surface area contributed by atoms with Crippen LogP contribution < -0.4 is 5.43 Å². The van der Waals surface area contributed by atoms with Crippen LogP contribution in [-0.4, -0.2) is 5.71 Å². The topological polar surface area (TPSA) is 48.2 Å². The first kappa shape index (κ1) is 19.2. The van der Waals surface area contributed by atoms with E-state index in [0.717, 1.165) is 29.0 Å². The molecule has 0 aliphatic carbocycles. The molecule has 1 N–H and O–H groups in total. The SMILES string of the molecule is N#Cc1ccc(CC(=NNc2ccc(C(F)(F)F)cc2)c2ccccc2)cc1. The summed E-state index contributed by atoms with van der Waals surface area (Å²) in [6.07, 6.45) is -3.87. The fraction of sp³-hybridized carbons (Fsp3) is 0.0909. The van der Waals surface area contributed by atoms with Crippen molar-refractivity contribution in [1.29, 1.82) is 5.26 Å². The maximum Gasteiger partial charge on any atom is 0.416 e. The van der Waals surface area contributed by atoms with Crippen LogP contribution in [0.5, 0.6) is 0 Å². The number of benzene rings is 3. The van der Waals surface area contributed by atoms with Crippen LogP contribution in [0.3, 0.4) is 0 Å². The number of hydrogen-bond acceptors (Lipinski definition) is 3. The molecule has 0 spiro atoms. The lowest BCUT2D eigenvalue weighted by atomic mass is 10.0. The van der Waals surface area contributed by atoms with Crippen LogP contribution in [0.25, 0.3) is 0 Å². The average molecular weight is 379 g/mol. The second-order valence-corrected chi connectivity index (χ2v) is 6.10. The molecule has 0 bridgehead atoms. The van der Waals surface area contributed by atoms with Gasteiger partial charge in [0, 0.05) is 6.42 Å². The van der Waals surface area contributed by atoms with E-state index in [0.29, 0.717) is 17.7 Å². The third-order valence-electron chi connectivity index (χ3n) is 4.09. The maximum atomic E-state index is 12.7. The Morgan fingerprint density at radius 1 is 0.893 bits per heavy atom. The van der Waals surface area contributed by atoms with Crippen LogP contribution in [0, 0.1) is 11.3 Å². The van der Waals surface area contributed by atoms with Gasteiger partial charge in [-0.05, 0) is 47.5 Å². The number of nitrogens with zero attached hydrogens (tertiary/aromatic N) is 2. The fourth-order valence-electron chi connectivity index (χ4n) is 2.59. The van der Waals surface area contributed by atoms with Gasteiger partial charge in [-0.15, -0.1) is 0 Å². The lowest BCUT2D eigenvalue weighted by molar-refractivity contribution is -0.137. The highest BCUT2D eigenvalue weighted by Gasteiger charge is 2.29. The van der Waals surface area contributed by atoms with E-state index >= 15 is 0 Å². The molecule has 0 saturated carbocycles. The lowest BCUT2D eigenvalue weighted by Crippen LogP contribution is -2.09. The van der Waals surface area contributed by atoms with Crippen molar-refractivity contribution in [3.63, 3.8) is 0 Å². The van der Waals surface area contributed by atoms with Crippen LogP contribution in [0.2, 0.25) is 0 Å². The molecular weight excluding hydrogens is 363 g/mol. The summed E-state index contributed by atoms with van der Waals surface area (Å²) in [4.78, 5) is 0. The number of anilines is 1. The van der Waals surface area contributed by atoms with Crippen molar-refractivity contribution >= 4 is 11.4 Å². The zero-order valence-corrected chi connectivity index (χ0v) is 14.7. The van der Waals surface area contributed by atoms with Gasteiger partial charge in [-0.3, -0.25) is 5.43 Å². The molecule has 0 radical (unpaired) electrons. The normalized spacial score (nSPS) is 11.7. The van der Waals surface area contributed by atoms with Crippen molar-refractivity contribution in [3.05, 3.63) is 101 Å². The highest BCUT2D eigenvalue weighted by Crippen LogP contribution is 2.29. The quantitative estimate of drug-likeness (QED) is 0.461. The molecule has 0 aliphatic rings. The highest BCUT2D eigenvalue weighted by atomic mass is 19.4. The molecule has 140 valence electrons. The average Bonchev–Trinajstić information content (AvgIpc) is 2.72. The number of halogens is 3. The zero-order valence-electron chi connectivity index (χ0n) is 14.7. The molecule has 0 amide bonds. The first-order valence-corrected chi connectivity index (χ1v) is 8.50. The smallest absolute Gasteiger partial charge is 0.278 e. The monoisotopic (exact) mass is 379 g/mol. The minimum Gasteiger partial charge on any atom is -0.278 e. The van der Waals surface area contributed by atoms with Crippen LogP contribution in [-0.2, 0) is 12.6 Å². The second kappa shape index (κ2) is 8.40. The van der Waals surface area contributed by atoms with Crippen LogP contribution >= 0.6 is 0 Å². The van der Waals surface area contributed by atoms with E-state index in [4.69, 9.17) is 5.26 Å². The number of alkyl halides is 3. The van der Waals surface area contributed by atoms with Gasteiger partial charge >= 0.3 is 6.18 Å². The summed E-state index contributed by atoms with van der Waals surface area (Å²) >= 11 is 0. The van der Waals surface area contributed by atoms with Gasteiger partial charge in [0.1, 0.15) is 0 Å². The maximum absolute atomic E-state index is 12.7. The Kier molecular flexibility index (Phi) is 5.75. The third-order valence-corrected chi connectivity index (χ3v) is 4.09. The minimum atomic E-state index is -4.37. The first-order chi connectivity index (χ1) is 13.5. The summed E-state index contributed by atoms with van der Waals surface area (Å²) < 4.78 is 38.0. The summed E-state index contributed by atoms with van der Waals surface area (Å²) in [7, 11) is 0. The van der Waals surface area contributed by atoms with Crippen molar-refractivity contribution in [2.75, 3.05) is 5.43 Å². The molecule has 0 heterocycles. The summed E-state index contributed by atoms with van der Waals surface area (Å²) in [5.74, 6) is 0. The number of hydrazone groups is 1. The molecule has 28 heavy (non-hydrogen) atoms. The Balaban J connectivity index is 1.83. The third kappa shape index (κ3) is 4.98. The van der Waals surface area contributed by atoms with E-state index in [1.807, 2.05) is 42.5 Å². The van der Waals surface area contributed by atoms with Gasteiger partial charge in [0.05, 0.1) is 28.6 Å². The van der Waals surface area contributed by atoms with Crippen molar-refractivity contribution < 1.29 is 13.2 Å². The molecule has 0 unspecified atom stereocenters. The van der Waals surface area contributed by atoms with E-state index in [1.54, 1.807) is 12.1 Å². The van der Waals surface area contributed by atoms with Crippen molar-refractivity contribution in [3.8, 4) is 6.07 Å². The van der Waals surface area contributed by atoms with Gasteiger partial charge in [0.25, 0.3) is 0 Å². The molecule has 0 fully saturated rings. The second-order valence-electron chi connectivity index (χ2n) is 6.10. The molecule has 0 aromatic heterocycles. The minimum absolute atomic E-state index is 0.459. The largest absolute Gasteiger partial charge is 0.416 e. The summed E-state index contributed by atoms with van der Waals surface area (Å²) in [6, 6.07) is 23.5. The van der Waals surface area contributed by atoms with Gasteiger partial charge in [0.15, 0.2) is 0 Å². The Hall–Kier alpha value is -3.59. The van der Waals surface area contributed by atoms with Crippen molar-refractivity contribution in [2.45, 2.75) is 12.6 Å². The lowest BCUT2D eigenvalue weighted by Gasteiger charge is -2.10. The van der Waals surface area contributed by atoms with Gasteiger partial charge < -0.3 is 0 Å². The van der Waals surface area contributed by atoms with Gasteiger partial charge in [0.2, 0.25) is 0 Å². The Morgan fingerprint density at radius 2 is 1.54 bits per heavy atom. The molecule has 0 saturated heterocycles. The zero-order chi connectivity index (χ0) is 20.0. The van der Waals surface area contributed by atoms with Crippen molar-refractivity contribution in [1.82, 2.24) is 0 Å². The summed E-state index contributed by atoms with van der Waals surface area (Å²) in [6.45, 7) is 0. The van der Waals surface area contributed by atoms with E-state index in [1.165, 1.54) is 12.1 Å². The van der Waals surface area contributed by atoms with Crippen LogP contribution in [0.15, 0.2) is 84.0 Å². The van der Waals surface area contributed by atoms with E-state index < -0.39 is 11.7 Å².